The highest BCUT2D eigenvalue weighted by Gasteiger charge is 2.17. The summed E-state index contributed by atoms with van der Waals surface area (Å²) >= 11 is 1.56. The number of aryl methyl sites for hydroxylation is 3. The first kappa shape index (κ1) is 12.0. The molecule has 0 saturated heterocycles. The summed E-state index contributed by atoms with van der Waals surface area (Å²) in [6, 6.07) is 6.43. The average Bonchev–Trinajstić information content (AvgIpc) is 2.60. The van der Waals surface area contributed by atoms with E-state index in [1.54, 1.807) is 23.5 Å². The molecular formula is C14H13FOS. The highest BCUT2D eigenvalue weighted by Crippen LogP contribution is 2.24. The van der Waals surface area contributed by atoms with E-state index in [4.69, 9.17) is 0 Å². The summed E-state index contributed by atoms with van der Waals surface area (Å²) in [4.78, 5) is 14.2. The largest absolute Gasteiger partial charge is 0.288 e. The lowest BCUT2D eigenvalue weighted by atomic mass is 10.0. The Bertz CT molecular complexity index is 584. The molecule has 0 radical (unpaired) electrons. The van der Waals surface area contributed by atoms with E-state index in [0.717, 1.165) is 15.3 Å². The van der Waals surface area contributed by atoms with Gasteiger partial charge in [-0.3, -0.25) is 4.79 Å². The Morgan fingerprint density at radius 2 is 1.82 bits per heavy atom. The molecule has 1 nitrogen and oxygen atoms in total. The summed E-state index contributed by atoms with van der Waals surface area (Å²) in [6.07, 6.45) is 0. The number of carbonyl (C=O) groups excluding carboxylic acids is 1. The molecule has 1 aromatic carbocycles. The molecule has 2 aromatic rings. The third kappa shape index (κ3) is 2.29. The molecule has 0 aliphatic carbocycles. The molecule has 0 N–H and O–H groups in total. The van der Waals surface area contributed by atoms with Crippen molar-refractivity contribution < 1.29 is 9.18 Å². The quantitative estimate of drug-likeness (QED) is 0.733. The van der Waals surface area contributed by atoms with Crippen LogP contribution in [0.1, 0.15) is 31.2 Å². The third-order valence-corrected chi connectivity index (χ3v) is 3.62. The van der Waals surface area contributed by atoms with E-state index < -0.39 is 5.82 Å². The molecule has 0 spiro atoms. The van der Waals surface area contributed by atoms with Crippen molar-refractivity contribution in [3.05, 3.63) is 56.5 Å². The van der Waals surface area contributed by atoms with Gasteiger partial charge in [0.25, 0.3) is 0 Å². The van der Waals surface area contributed by atoms with Crippen LogP contribution >= 0.6 is 11.3 Å². The van der Waals surface area contributed by atoms with Gasteiger partial charge in [-0.05, 0) is 39.0 Å². The lowest BCUT2D eigenvalue weighted by Crippen LogP contribution is -2.04. The maximum absolute atomic E-state index is 13.6. The zero-order valence-electron chi connectivity index (χ0n) is 10.0. The molecule has 17 heavy (non-hydrogen) atoms. The van der Waals surface area contributed by atoms with Crippen molar-refractivity contribution in [1.82, 2.24) is 0 Å². The molecule has 0 aliphatic heterocycles. The van der Waals surface area contributed by atoms with E-state index in [2.05, 4.69) is 0 Å². The van der Waals surface area contributed by atoms with Crippen LogP contribution in [0.4, 0.5) is 4.39 Å². The van der Waals surface area contributed by atoms with E-state index in [1.165, 1.54) is 6.07 Å². The van der Waals surface area contributed by atoms with E-state index in [1.807, 2.05) is 26.8 Å². The first-order chi connectivity index (χ1) is 7.99. The van der Waals surface area contributed by atoms with Crippen LogP contribution in [0.5, 0.6) is 0 Å². The molecule has 2 rings (SSSR count). The Morgan fingerprint density at radius 1 is 1.12 bits per heavy atom. The fourth-order valence-electron chi connectivity index (χ4n) is 1.81. The number of ketones is 1. The van der Waals surface area contributed by atoms with Crippen molar-refractivity contribution in [2.45, 2.75) is 20.8 Å². The highest BCUT2D eigenvalue weighted by atomic mass is 32.1. The predicted molar refractivity (Wildman–Crippen MR) is 68.4 cm³/mol. The van der Waals surface area contributed by atoms with Gasteiger partial charge in [0, 0.05) is 15.3 Å². The van der Waals surface area contributed by atoms with Crippen molar-refractivity contribution in [1.29, 1.82) is 0 Å². The van der Waals surface area contributed by atoms with E-state index in [-0.39, 0.29) is 11.3 Å². The van der Waals surface area contributed by atoms with Crippen molar-refractivity contribution in [2.24, 2.45) is 0 Å². The number of hydrogen-bond acceptors (Lipinski definition) is 2. The molecule has 0 aliphatic rings. The van der Waals surface area contributed by atoms with Crippen molar-refractivity contribution in [2.75, 3.05) is 0 Å². The van der Waals surface area contributed by atoms with Gasteiger partial charge in [-0.15, -0.1) is 11.3 Å². The minimum atomic E-state index is -0.455. The summed E-state index contributed by atoms with van der Waals surface area (Å²) in [6.45, 7) is 5.68. The molecule has 0 saturated carbocycles. The van der Waals surface area contributed by atoms with Crippen molar-refractivity contribution >= 4 is 17.1 Å². The molecular weight excluding hydrogens is 235 g/mol. The summed E-state index contributed by atoms with van der Waals surface area (Å²) < 4.78 is 13.6. The summed E-state index contributed by atoms with van der Waals surface area (Å²) in [5, 5.41) is 0. The molecule has 3 heteroatoms. The maximum Gasteiger partial charge on any atom is 0.197 e. The SMILES string of the molecule is Cc1ccc(F)c(C(=O)c2cc(C)sc2C)c1. The van der Waals surface area contributed by atoms with Gasteiger partial charge in [0.2, 0.25) is 0 Å². The molecule has 0 bridgehead atoms. The molecule has 0 unspecified atom stereocenters. The minimum Gasteiger partial charge on any atom is -0.288 e. The van der Waals surface area contributed by atoms with E-state index in [0.29, 0.717) is 5.56 Å². The van der Waals surface area contributed by atoms with Gasteiger partial charge in [0.05, 0.1) is 5.56 Å². The second kappa shape index (κ2) is 4.41. The zero-order valence-corrected chi connectivity index (χ0v) is 10.8. The Morgan fingerprint density at radius 3 is 2.41 bits per heavy atom. The average molecular weight is 248 g/mol. The van der Waals surface area contributed by atoms with Gasteiger partial charge in [-0.25, -0.2) is 4.39 Å². The van der Waals surface area contributed by atoms with Gasteiger partial charge in [0.1, 0.15) is 5.82 Å². The topological polar surface area (TPSA) is 17.1 Å². The van der Waals surface area contributed by atoms with Crippen LogP contribution in [0.2, 0.25) is 0 Å². The summed E-state index contributed by atoms with van der Waals surface area (Å²) in [7, 11) is 0. The molecule has 0 amide bonds. The zero-order chi connectivity index (χ0) is 12.6. The second-order valence-corrected chi connectivity index (χ2v) is 5.60. The lowest BCUT2D eigenvalue weighted by Gasteiger charge is -2.03. The van der Waals surface area contributed by atoms with Crippen molar-refractivity contribution in [3.63, 3.8) is 0 Å². The van der Waals surface area contributed by atoms with Gasteiger partial charge >= 0.3 is 0 Å². The van der Waals surface area contributed by atoms with Gasteiger partial charge in [-0.1, -0.05) is 11.6 Å². The first-order valence-electron chi connectivity index (χ1n) is 5.37. The van der Waals surface area contributed by atoms with Crippen LogP contribution in [0.25, 0.3) is 0 Å². The van der Waals surface area contributed by atoms with Crippen LogP contribution in [0.15, 0.2) is 24.3 Å². The minimum absolute atomic E-state index is 0.158. The van der Waals surface area contributed by atoms with Crippen LogP contribution in [-0.2, 0) is 0 Å². The van der Waals surface area contributed by atoms with Crippen LogP contribution in [0.3, 0.4) is 0 Å². The highest BCUT2D eigenvalue weighted by molar-refractivity contribution is 7.12. The lowest BCUT2D eigenvalue weighted by molar-refractivity contribution is 0.103. The molecule has 1 aromatic heterocycles. The fraction of sp³-hybridized carbons (Fsp3) is 0.214. The van der Waals surface area contributed by atoms with E-state index in [9.17, 15) is 9.18 Å². The standard InChI is InChI=1S/C14H13FOS/c1-8-4-5-13(15)12(6-8)14(16)11-7-9(2)17-10(11)3/h4-7H,1-3H3. The Labute approximate surface area is 104 Å². The Balaban J connectivity index is 2.50. The smallest absolute Gasteiger partial charge is 0.197 e. The number of halogens is 1. The monoisotopic (exact) mass is 248 g/mol. The maximum atomic E-state index is 13.6. The Hall–Kier alpha value is -1.48. The summed E-state index contributed by atoms with van der Waals surface area (Å²) in [5.41, 5.74) is 1.65. The summed E-state index contributed by atoms with van der Waals surface area (Å²) in [5.74, 6) is -0.683. The van der Waals surface area contributed by atoms with Crippen LogP contribution in [-0.4, -0.2) is 5.78 Å². The molecule has 1 heterocycles. The number of benzene rings is 1. The number of rotatable bonds is 2. The molecule has 88 valence electrons. The number of carbonyl (C=O) groups is 1. The molecule has 0 atom stereocenters. The molecule has 0 fully saturated rings. The normalized spacial score (nSPS) is 10.6. The predicted octanol–water partition coefficient (Wildman–Crippen LogP) is 4.04. The van der Waals surface area contributed by atoms with Gasteiger partial charge < -0.3 is 0 Å². The van der Waals surface area contributed by atoms with Gasteiger partial charge in [0.15, 0.2) is 5.78 Å². The number of thiophene rings is 1. The first-order valence-corrected chi connectivity index (χ1v) is 6.18. The van der Waals surface area contributed by atoms with Crippen LogP contribution < -0.4 is 0 Å². The second-order valence-electron chi connectivity index (χ2n) is 4.14. The van der Waals surface area contributed by atoms with E-state index >= 15 is 0 Å². The third-order valence-electron chi connectivity index (χ3n) is 2.65. The fourth-order valence-corrected chi connectivity index (χ4v) is 2.74. The van der Waals surface area contributed by atoms with Gasteiger partial charge in [-0.2, -0.15) is 0 Å². The number of hydrogen-bond donors (Lipinski definition) is 0. The van der Waals surface area contributed by atoms with Crippen LogP contribution in [0, 0.1) is 26.6 Å². The van der Waals surface area contributed by atoms with Crippen molar-refractivity contribution in [3.8, 4) is 0 Å². The Kier molecular flexibility index (Phi) is 3.11.